The summed E-state index contributed by atoms with van der Waals surface area (Å²) in [6, 6.07) is 9.20. The highest BCUT2D eigenvalue weighted by Crippen LogP contribution is 2.17. The van der Waals surface area contributed by atoms with Crippen molar-refractivity contribution < 1.29 is 14.3 Å². The van der Waals surface area contributed by atoms with Crippen molar-refractivity contribution in [2.24, 2.45) is 5.92 Å². The van der Waals surface area contributed by atoms with Gasteiger partial charge in [0.2, 0.25) is 0 Å². The van der Waals surface area contributed by atoms with Gasteiger partial charge in [-0.2, -0.15) is 5.26 Å². The molecule has 2 N–H and O–H groups in total. The van der Waals surface area contributed by atoms with E-state index in [-0.39, 0.29) is 6.03 Å². The van der Waals surface area contributed by atoms with Gasteiger partial charge in [0.25, 0.3) is 0 Å². The number of urea groups is 1. The Morgan fingerprint density at radius 3 is 2.59 bits per heavy atom. The van der Waals surface area contributed by atoms with Crippen molar-refractivity contribution in [1.82, 2.24) is 15.5 Å². The lowest BCUT2D eigenvalue weighted by molar-refractivity contribution is 0.0511. The molecule has 1 saturated heterocycles. The number of carbonyl (C=O) groups excluding carboxylic acids is 2. The molecule has 1 fully saturated rings. The summed E-state index contributed by atoms with van der Waals surface area (Å²) in [5.41, 5.74) is 0.983. The monoisotopic (exact) mass is 372 g/mol. The maximum Gasteiger partial charge on any atom is 0.407 e. The van der Waals surface area contributed by atoms with Crippen LogP contribution in [0.3, 0.4) is 0 Å². The van der Waals surface area contributed by atoms with Crippen LogP contribution in [0.2, 0.25) is 0 Å². The first-order chi connectivity index (χ1) is 12.8. The molecular formula is C20H28N4O3. The van der Waals surface area contributed by atoms with E-state index in [9.17, 15) is 9.59 Å². The van der Waals surface area contributed by atoms with Crippen molar-refractivity contribution in [3.05, 3.63) is 35.4 Å². The number of hydrogen-bond donors (Lipinski definition) is 2. The molecule has 0 aliphatic carbocycles. The van der Waals surface area contributed by atoms with Crippen LogP contribution >= 0.6 is 0 Å². The highest BCUT2D eigenvalue weighted by molar-refractivity contribution is 5.74. The van der Waals surface area contributed by atoms with E-state index in [2.05, 4.69) is 16.7 Å². The molecule has 3 amide bonds. The van der Waals surface area contributed by atoms with Crippen LogP contribution in [0.15, 0.2) is 24.3 Å². The highest BCUT2D eigenvalue weighted by Gasteiger charge is 2.24. The Hall–Kier alpha value is -2.75. The van der Waals surface area contributed by atoms with Gasteiger partial charge >= 0.3 is 12.1 Å². The molecule has 0 radical (unpaired) electrons. The van der Waals surface area contributed by atoms with Crippen LogP contribution in [-0.4, -0.2) is 42.3 Å². The van der Waals surface area contributed by atoms with E-state index in [1.165, 1.54) is 0 Å². The van der Waals surface area contributed by atoms with Crippen LogP contribution < -0.4 is 10.6 Å². The van der Waals surface area contributed by atoms with Gasteiger partial charge in [-0.25, -0.2) is 9.59 Å². The smallest absolute Gasteiger partial charge is 0.407 e. The second kappa shape index (κ2) is 9.26. The molecule has 146 valence electrons. The van der Waals surface area contributed by atoms with Gasteiger partial charge in [-0.15, -0.1) is 0 Å². The minimum atomic E-state index is -0.502. The number of amides is 3. The zero-order valence-corrected chi connectivity index (χ0v) is 16.2. The van der Waals surface area contributed by atoms with Crippen LogP contribution in [0.1, 0.15) is 44.7 Å². The van der Waals surface area contributed by atoms with Gasteiger partial charge < -0.3 is 20.3 Å². The summed E-state index contributed by atoms with van der Waals surface area (Å²) in [4.78, 5) is 25.8. The third kappa shape index (κ3) is 7.18. The van der Waals surface area contributed by atoms with E-state index in [0.29, 0.717) is 37.7 Å². The molecule has 2 rings (SSSR count). The first-order valence-electron chi connectivity index (χ1n) is 9.25. The lowest BCUT2D eigenvalue weighted by Gasteiger charge is -2.32. The predicted molar refractivity (Wildman–Crippen MR) is 102 cm³/mol. The number of carbonyl (C=O) groups is 2. The predicted octanol–water partition coefficient (Wildman–Crippen LogP) is 3.00. The molecule has 1 aromatic carbocycles. The number of hydrogen-bond acceptors (Lipinski definition) is 4. The van der Waals surface area contributed by atoms with Crippen LogP contribution in [0.5, 0.6) is 0 Å². The molecule has 0 bridgehead atoms. The largest absolute Gasteiger partial charge is 0.444 e. The molecule has 1 aromatic rings. The van der Waals surface area contributed by atoms with Gasteiger partial charge in [-0.1, -0.05) is 12.1 Å². The zero-order valence-electron chi connectivity index (χ0n) is 16.2. The highest BCUT2D eigenvalue weighted by atomic mass is 16.6. The van der Waals surface area contributed by atoms with Crippen LogP contribution in [0.25, 0.3) is 0 Å². The van der Waals surface area contributed by atoms with E-state index < -0.39 is 11.7 Å². The van der Waals surface area contributed by atoms with Gasteiger partial charge in [0.15, 0.2) is 0 Å². The van der Waals surface area contributed by atoms with Crippen molar-refractivity contribution in [2.75, 3.05) is 19.6 Å². The number of ether oxygens (including phenoxy) is 1. The fourth-order valence-corrected chi connectivity index (χ4v) is 2.92. The number of nitriles is 1. The average molecular weight is 372 g/mol. The first kappa shape index (κ1) is 20.6. The summed E-state index contributed by atoms with van der Waals surface area (Å²) in [6.07, 6.45) is 1.28. The standard InChI is InChI=1S/C20H28N4O3/c1-20(2,3)27-19(26)23-13-15-7-9-24(10-8-15)18(25)22-14-17-6-4-5-16(11-17)12-21/h4-6,11,15H,7-10,13-14H2,1-3H3,(H,22,25)(H,23,26). The second-order valence-corrected chi connectivity index (χ2v) is 7.78. The molecule has 1 heterocycles. The Kier molecular flexibility index (Phi) is 7.05. The minimum absolute atomic E-state index is 0.101. The summed E-state index contributed by atoms with van der Waals surface area (Å²) in [7, 11) is 0. The van der Waals surface area contributed by atoms with Crippen LogP contribution in [0, 0.1) is 17.2 Å². The lowest BCUT2D eigenvalue weighted by Crippen LogP contribution is -2.46. The molecule has 27 heavy (non-hydrogen) atoms. The fraction of sp³-hybridized carbons (Fsp3) is 0.550. The van der Waals surface area contributed by atoms with E-state index in [1.807, 2.05) is 32.9 Å². The molecular weight excluding hydrogens is 344 g/mol. The summed E-state index contributed by atoms with van der Waals surface area (Å²) in [6.45, 7) is 7.77. The number of benzene rings is 1. The van der Waals surface area contributed by atoms with Gasteiger partial charge in [0.1, 0.15) is 5.60 Å². The second-order valence-electron chi connectivity index (χ2n) is 7.78. The molecule has 1 aliphatic rings. The first-order valence-corrected chi connectivity index (χ1v) is 9.25. The molecule has 0 saturated carbocycles. The van der Waals surface area contributed by atoms with E-state index in [0.717, 1.165) is 18.4 Å². The van der Waals surface area contributed by atoms with Gasteiger partial charge in [-0.05, 0) is 57.2 Å². The number of alkyl carbamates (subject to hydrolysis) is 1. The van der Waals surface area contributed by atoms with Crippen molar-refractivity contribution in [2.45, 2.75) is 45.8 Å². The van der Waals surface area contributed by atoms with Gasteiger partial charge in [0, 0.05) is 26.2 Å². The fourth-order valence-electron chi connectivity index (χ4n) is 2.92. The molecule has 0 aromatic heterocycles. The lowest BCUT2D eigenvalue weighted by atomic mass is 9.97. The third-order valence-corrected chi connectivity index (χ3v) is 4.34. The summed E-state index contributed by atoms with van der Waals surface area (Å²) < 4.78 is 5.23. The topological polar surface area (TPSA) is 94.5 Å². The summed E-state index contributed by atoms with van der Waals surface area (Å²) in [5, 5.41) is 14.6. The normalized spacial score (nSPS) is 15.0. The van der Waals surface area contributed by atoms with Crippen molar-refractivity contribution in [1.29, 1.82) is 5.26 Å². The molecule has 7 nitrogen and oxygen atoms in total. The Balaban J connectivity index is 1.69. The third-order valence-electron chi connectivity index (χ3n) is 4.34. The quantitative estimate of drug-likeness (QED) is 0.849. The van der Waals surface area contributed by atoms with Crippen molar-refractivity contribution in [3.63, 3.8) is 0 Å². The molecule has 7 heteroatoms. The molecule has 0 atom stereocenters. The van der Waals surface area contributed by atoms with Gasteiger partial charge in [-0.3, -0.25) is 0 Å². The maximum absolute atomic E-state index is 12.3. The van der Waals surface area contributed by atoms with E-state index in [1.54, 1.807) is 17.0 Å². The zero-order chi connectivity index (χ0) is 19.9. The number of nitrogens with one attached hydrogen (secondary N) is 2. The van der Waals surface area contributed by atoms with Gasteiger partial charge in [0.05, 0.1) is 11.6 Å². The Labute approximate surface area is 160 Å². The van der Waals surface area contributed by atoms with Crippen molar-refractivity contribution >= 4 is 12.1 Å². The molecule has 0 unspecified atom stereocenters. The van der Waals surface area contributed by atoms with E-state index in [4.69, 9.17) is 10.00 Å². The summed E-state index contributed by atoms with van der Waals surface area (Å²) in [5.74, 6) is 0.342. The van der Waals surface area contributed by atoms with Crippen molar-refractivity contribution in [3.8, 4) is 6.07 Å². The van der Waals surface area contributed by atoms with Crippen LogP contribution in [0.4, 0.5) is 9.59 Å². The SMILES string of the molecule is CC(C)(C)OC(=O)NCC1CCN(C(=O)NCc2cccc(C#N)c2)CC1. The summed E-state index contributed by atoms with van der Waals surface area (Å²) >= 11 is 0. The number of nitrogens with zero attached hydrogens (tertiary/aromatic N) is 2. The molecule has 1 aliphatic heterocycles. The van der Waals surface area contributed by atoms with E-state index >= 15 is 0 Å². The Morgan fingerprint density at radius 2 is 1.96 bits per heavy atom. The minimum Gasteiger partial charge on any atom is -0.444 e. The Bertz CT molecular complexity index is 698. The number of piperidine rings is 1. The number of rotatable bonds is 4. The Morgan fingerprint density at radius 1 is 1.26 bits per heavy atom. The number of likely N-dealkylation sites (tertiary alicyclic amines) is 1. The van der Waals surface area contributed by atoms with Crippen LogP contribution in [-0.2, 0) is 11.3 Å². The average Bonchev–Trinajstić information content (AvgIpc) is 2.63. The maximum atomic E-state index is 12.3. The molecule has 0 spiro atoms.